The Morgan fingerprint density at radius 2 is 1.75 bits per heavy atom. The molecule has 0 amide bonds. The maximum atomic E-state index is 3.75. The second kappa shape index (κ2) is 6.58. The van der Waals surface area contributed by atoms with Crippen molar-refractivity contribution in [1.29, 1.82) is 0 Å². The molecule has 3 nitrogen and oxygen atoms in total. The van der Waals surface area contributed by atoms with E-state index in [0.29, 0.717) is 0 Å². The standard InChI is InChI=1S/C13H27N3/c1-2-15-9-6-7-13(8-12-15)14-16-10-4-3-5-11-16/h13-14H,2-12H2,1H3. The van der Waals surface area contributed by atoms with E-state index in [1.165, 1.54) is 71.2 Å². The monoisotopic (exact) mass is 225 g/mol. The van der Waals surface area contributed by atoms with Gasteiger partial charge in [-0.2, -0.15) is 0 Å². The molecule has 0 aromatic heterocycles. The number of nitrogens with one attached hydrogen (secondary N) is 1. The molecule has 0 spiro atoms. The van der Waals surface area contributed by atoms with Crippen LogP contribution in [-0.2, 0) is 0 Å². The summed E-state index contributed by atoms with van der Waals surface area (Å²) in [5, 5.41) is 2.47. The maximum Gasteiger partial charge on any atom is 0.0227 e. The number of hydrazine groups is 1. The molecule has 0 aliphatic carbocycles. The summed E-state index contributed by atoms with van der Waals surface area (Å²) in [6.07, 6.45) is 8.21. The van der Waals surface area contributed by atoms with Gasteiger partial charge >= 0.3 is 0 Å². The fourth-order valence-electron chi connectivity index (χ4n) is 2.88. The first-order valence-corrected chi connectivity index (χ1v) is 7.12. The second-order valence-electron chi connectivity index (χ2n) is 5.24. The number of rotatable bonds is 3. The van der Waals surface area contributed by atoms with Crippen LogP contribution in [0.4, 0.5) is 0 Å². The minimum atomic E-state index is 0.731. The molecule has 2 aliphatic heterocycles. The lowest BCUT2D eigenvalue weighted by Gasteiger charge is -2.31. The Morgan fingerprint density at radius 3 is 2.50 bits per heavy atom. The zero-order valence-corrected chi connectivity index (χ0v) is 10.7. The first-order chi connectivity index (χ1) is 7.88. The van der Waals surface area contributed by atoms with Crippen molar-refractivity contribution >= 4 is 0 Å². The third-order valence-corrected chi connectivity index (χ3v) is 3.99. The Hall–Kier alpha value is -0.120. The van der Waals surface area contributed by atoms with Gasteiger partial charge in [0, 0.05) is 19.1 Å². The lowest BCUT2D eigenvalue weighted by Crippen LogP contribution is -2.47. The van der Waals surface area contributed by atoms with Crippen molar-refractivity contribution in [2.75, 3.05) is 32.7 Å². The lowest BCUT2D eigenvalue weighted by atomic mass is 10.1. The highest BCUT2D eigenvalue weighted by Crippen LogP contribution is 2.13. The molecule has 2 saturated heterocycles. The van der Waals surface area contributed by atoms with Crippen molar-refractivity contribution in [3.8, 4) is 0 Å². The molecule has 1 unspecified atom stereocenters. The molecule has 0 aromatic rings. The van der Waals surface area contributed by atoms with Crippen LogP contribution in [0.1, 0.15) is 45.4 Å². The van der Waals surface area contributed by atoms with Crippen molar-refractivity contribution in [1.82, 2.24) is 15.3 Å². The molecular formula is C13H27N3. The molecule has 2 heterocycles. The summed E-state index contributed by atoms with van der Waals surface area (Å²) < 4.78 is 0. The van der Waals surface area contributed by atoms with Crippen LogP contribution in [0.25, 0.3) is 0 Å². The van der Waals surface area contributed by atoms with Gasteiger partial charge in [-0.05, 0) is 51.7 Å². The van der Waals surface area contributed by atoms with E-state index < -0.39 is 0 Å². The van der Waals surface area contributed by atoms with Crippen LogP contribution < -0.4 is 5.43 Å². The fraction of sp³-hybridized carbons (Fsp3) is 1.00. The smallest absolute Gasteiger partial charge is 0.0227 e. The van der Waals surface area contributed by atoms with Crippen LogP contribution >= 0.6 is 0 Å². The molecule has 2 rings (SSSR count). The van der Waals surface area contributed by atoms with E-state index in [-0.39, 0.29) is 0 Å². The molecule has 1 N–H and O–H groups in total. The van der Waals surface area contributed by atoms with Gasteiger partial charge in [0.05, 0.1) is 0 Å². The Morgan fingerprint density at radius 1 is 0.938 bits per heavy atom. The summed E-state index contributed by atoms with van der Waals surface area (Å²) in [6.45, 7) is 8.59. The highest BCUT2D eigenvalue weighted by Gasteiger charge is 2.19. The average molecular weight is 225 g/mol. The Kier molecular flexibility index (Phi) is 5.07. The van der Waals surface area contributed by atoms with Gasteiger partial charge in [0.25, 0.3) is 0 Å². The van der Waals surface area contributed by atoms with Gasteiger partial charge in [-0.25, -0.2) is 5.01 Å². The minimum Gasteiger partial charge on any atom is -0.304 e. The van der Waals surface area contributed by atoms with E-state index in [2.05, 4.69) is 22.3 Å². The number of hydrogen-bond donors (Lipinski definition) is 1. The van der Waals surface area contributed by atoms with Crippen LogP contribution in [0.3, 0.4) is 0 Å². The van der Waals surface area contributed by atoms with Crippen molar-refractivity contribution < 1.29 is 0 Å². The van der Waals surface area contributed by atoms with E-state index in [4.69, 9.17) is 0 Å². The molecule has 2 aliphatic rings. The summed E-state index contributed by atoms with van der Waals surface area (Å²) >= 11 is 0. The van der Waals surface area contributed by atoms with Gasteiger partial charge in [-0.3, -0.25) is 5.43 Å². The third kappa shape index (κ3) is 3.72. The summed E-state index contributed by atoms with van der Waals surface area (Å²) in [5.41, 5.74) is 3.75. The van der Waals surface area contributed by atoms with E-state index >= 15 is 0 Å². The Labute approximate surface area is 100 Å². The molecule has 0 radical (unpaired) electrons. The molecule has 16 heavy (non-hydrogen) atoms. The van der Waals surface area contributed by atoms with Gasteiger partial charge < -0.3 is 4.90 Å². The second-order valence-corrected chi connectivity index (χ2v) is 5.24. The topological polar surface area (TPSA) is 18.5 Å². The highest BCUT2D eigenvalue weighted by molar-refractivity contribution is 4.74. The summed E-state index contributed by atoms with van der Waals surface area (Å²) in [7, 11) is 0. The molecule has 0 aromatic carbocycles. The number of likely N-dealkylation sites (tertiary alicyclic amines) is 1. The molecule has 0 saturated carbocycles. The molecular weight excluding hydrogens is 198 g/mol. The molecule has 1 atom stereocenters. The minimum absolute atomic E-state index is 0.731. The van der Waals surface area contributed by atoms with Crippen molar-refractivity contribution in [2.45, 2.75) is 51.5 Å². The van der Waals surface area contributed by atoms with E-state index in [9.17, 15) is 0 Å². The predicted octanol–water partition coefficient (Wildman–Crippen LogP) is 1.85. The largest absolute Gasteiger partial charge is 0.304 e. The maximum absolute atomic E-state index is 3.75. The van der Waals surface area contributed by atoms with Gasteiger partial charge in [0.2, 0.25) is 0 Å². The predicted molar refractivity (Wildman–Crippen MR) is 68.3 cm³/mol. The van der Waals surface area contributed by atoms with Gasteiger partial charge in [-0.15, -0.1) is 0 Å². The highest BCUT2D eigenvalue weighted by atomic mass is 15.5. The lowest BCUT2D eigenvalue weighted by molar-refractivity contribution is 0.122. The average Bonchev–Trinajstić information content (AvgIpc) is 2.56. The summed E-state index contributed by atoms with van der Waals surface area (Å²) in [5.74, 6) is 0. The molecule has 0 bridgehead atoms. The van der Waals surface area contributed by atoms with Crippen LogP contribution in [0.15, 0.2) is 0 Å². The van der Waals surface area contributed by atoms with E-state index in [1.54, 1.807) is 0 Å². The molecule has 94 valence electrons. The molecule has 2 fully saturated rings. The third-order valence-electron chi connectivity index (χ3n) is 3.99. The van der Waals surface area contributed by atoms with Crippen LogP contribution in [-0.4, -0.2) is 48.7 Å². The number of hydrogen-bond acceptors (Lipinski definition) is 3. The van der Waals surface area contributed by atoms with Gasteiger partial charge in [0.15, 0.2) is 0 Å². The Bertz CT molecular complexity index is 190. The zero-order valence-electron chi connectivity index (χ0n) is 10.7. The molecule has 3 heteroatoms. The fourth-order valence-corrected chi connectivity index (χ4v) is 2.88. The summed E-state index contributed by atoms with van der Waals surface area (Å²) in [6, 6.07) is 0.731. The van der Waals surface area contributed by atoms with E-state index in [1.807, 2.05) is 0 Å². The van der Waals surface area contributed by atoms with Gasteiger partial charge in [0.1, 0.15) is 0 Å². The number of nitrogens with zero attached hydrogens (tertiary/aromatic N) is 2. The quantitative estimate of drug-likeness (QED) is 0.791. The van der Waals surface area contributed by atoms with Crippen molar-refractivity contribution in [3.63, 3.8) is 0 Å². The number of piperidine rings is 1. The normalized spacial score (nSPS) is 30.2. The summed E-state index contributed by atoms with van der Waals surface area (Å²) in [4.78, 5) is 2.58. The zero-order chi connectivity index (χ0) is 11.2. The van der Waals surface area contributed by atoms with Gasteiger partial charge in [-0.1, -0.05) is 13.3 Å². The van der Waals surface area contributed by atoms with Crippen LogP contribution in [0, 0.1) is 0 Å². The van der Waals surface area contributed by atoms with Crippen molar-refractivity contribution in [2.24, 2.45) is 0 Å². The van der Waals surface area contributed by atoms with E-state index in [0.717, 1.165) is 6.04 Å². The Balaban J connectivity index is 1.72. The van der Waals surface area contributed by atoms with Crippen LogP contribution in [0.2, 0.25) is 0 Å². The SMILES string of the molecule is CCN1CCCC(NN2CCCCC2)CC1. The first kappa shape index (κ1) is 12.3. The van der Waals surface area contributed by atoms with Crippen molar-refractivity contribution in [3.05, 3.63) is 0 Å². The van der Waals surface area contributed by atoms with Crippen LogP contribution in [0.5, 0.6) is 0 Å². The first-order valence-electron chi connectivity index (χ1n) is 7.12.